The molecule has 3 unspecified atom stereocenters. The summed E-state index contributed by atoms with van der Waals surface area (Å²) in [6.07, 6.45) is 0.478. The Kier molecular flexibility index (Phi) is 11.2. The lowest BCUT2D eigenvalue weighted by Gasteiger charge is -2.30. The van der Waals surface area contributed by atoms with Crippen molar-refractivity contribution in [3.05, 3.63) is 22.2 Å². The van der Waals surface area contributed by atoms with E-state index < -0.39 is 18.0 Å². The predicted molar refractivity (Wildman–Crippen MR) is 92.9 cm³/mol. The smallest absolute Gasteiger partial charge is 0.351 e. The molecule has 1 heterocycles. The molecule has 0 amide bonds. The number of hydrogen-bond acceptors (Lipinski definition) is 7. The van der Waals surface area contributed by atoms with Gasteiger partial charge in [0, 0.05) is 31.9 Å². The van der Waals surface area contributed by atoms with Gasteiger partial charge < -0.3 is 25.1 Å². The highest BCUT2D eigenvalue weighted by atomic mass is 16.5. The Balaban J connectivity index is 0.00000254. The zero-order valence-corrected chi connectivity index (χ0v) is 15.5. The summed E-state index contributed by atoms with van der Waals surface area (Å²) in [4.78, 5) is 15.9. The van der Waals surface area contributed by atoms with Gasteiger partial charge in [-0.3, -0.25) is 4.57 Å². The highest BCUT2D eigenvalue weighted by molar-refractivity contribution is 5.35. The Labute approximate surface area is 143 Å². The number of aliphatic hydroxyl groups is 1. The van der Waals surface area contributed by atoms with Crippen LogP contribution in [0.15, 0.2) is 11.0 Å². The van der Waals surface area contributed by atoms with Gasteiger partial charge in [-0.05, 0) is 6.92 Å². The van der Waals surface area contributed by atoms with Crippen LogP contribution in [0.25, 0.3) is 0 Å². The number of nitrogen functional groups attached to an aromatic ring is 1. The van der Waals surface area contributed by atoms with Crippen molar-refractivity contribution in [2.75, 3.05) is 39.8 Å². The van der Waals surface area contributed by atoms with Crippen LogP contribution in [0.2, 0.25) is 0 Å². The lowest BCUT2D eigenvalue weighted by molar-refractivity contribution is -0.104. The third-order valence-corrected chi connectivity index (χ3v) is 3.54. The summed E-state index contributed by atoms with van der Waals surface area (Å²) >= 11 is 0. The lowest BCUT2D eigenvalue weighted by Crippen LogP contribution is -2.39. The highest BCUT2D eigenvalue weighted by Gasteiger charge is 2.28. The van der Waals surface area contributed by atoms with Gasteiger partial charge >= 0.3 is 5.69 Å². The number of rotatable bonds is 9. The van der Waals surface area contributed by atoms with E-state index in [1.807, 2.05) is 20.8 Å². The van der Waals surface area contributed by atoms with Crippen LogP contribution < -0.4 is 11.4 Å². The van der Waals surface area contributed by atoms with Crippen molar-refractivity contribution in [1.29, 1.82) is 0 Å². The molecule has 1 aromatic heterocycles. The molecule has 0 saturated heterocycles. The van der Waals surface area contributed by atoms with Crippen LogP contribution in [-0.2, 0) is 14.2 Å². The van der Waals surface area contributed by atoms with Gasteiger partial charge in [-0.25, -0.2) is 4.79 Å². The minimum absolute atomic E-state index is 0.183. The first kappa shape index (κ1) is 22.5. The zero-order chi connectivity index (χ0) is 18.7. The maximum atomic E-state index is 12.1. The number of ether oxygens (including phenoxy) is 3. The fourth-order valence-electron chi connectivity index (χ4n) is 2.14. The number of methoxy groups -OCH3 is 2. The average Bonchev–Trinajstić information content (AvgIpc) is 2.58. The molecule has 0 saturated carbocycles. The van der Waals surface area contributed by atoms with E-state index in [0.717, 1.165) is 0 Å². The number of aliphatic hydroxyl groups excluding tert-OH is 1. The number of anilines is 1. The van der Waals surface area contributed by atoms with Crippen molar-refractivity contribution in [2.24, 2.45) is 5.92 Å². The monoisotopic (exact) mass is 345 g/mol. The third-order valence-electron chi connectivity index (χ3n) is 3.54. The van der Waals surface area contributed by atoms with Gasteiger partial charge in [0.05, 0.1) is 25.9 Å². The van der Waals surface area contributed by atoms with Crippen molar-refractivity contribution in [3.63, 3.8) is 0 Å². The zero-order valence-electron chi connectivity index (χ0n) is 15.5. The summed E-state index contributed by atoms with van der Waals surface area (Å²) in [6, 6.07) is 0. The number of hydrogen-bond donors (Lipinski definition) is 2. The molecule has 24 heavy (non-hydrogen) atoms. The molecular formula is C16H31N3O5. The second-order valence-corrected chi connectivity index (χ2v) is 5.07. The van der Waals surface area contributed by atoms with Crippen molar-refractivity contribution in [2.45, 2.75) is 40.0 Å². The van der Waals surface area contributed by atoms with Gasteiger partial charge in [-0.15, -0.1) is 0 Å². The van der Waals surface area contributed by atoms with Gasteiger partial charge in [0.25, 0.3) is 0 Å². The summed E-state index contributed by atoms with van der Waals surface area (Å²) in [5.41, 5.74) is 5.81. The summed E-state index contributed by atoms with van der Waals surface area (Å²) in [6.45, 7) is 8.09. The fraction of sp³-hybridized carbons (Fsp3) is 0.750. The van der Waals surface area contributed by atoms with E-state index in [0.29, 0.717) is 18.8 Å². The summed E-state index contributed by atoms with van der Waals surface area (Å²) in [5, 5.41) is 9.40. The van der Waals surface area contributed by atoms with Crippen LogP contribution in [-0.4, -0.2) is 54.8 Å². The molecule has 0 aliphatic heterocycles. The van der Waals surface area contributed by atoms with Crippen LogP contribution in [0, 0.1) is 12.8 Å². The minimum atomic E-state index is -0.647. The number of nitrogens with two attached hydrogens (primary N) is 1. The third kappa shape index (κ3) is 6.20. The van der Waals surface area contributed by atoms with E-state index in [-0.39, 0.29) is 18.3 Å². The average molecular weight is 345 g/mol. The van der Waals surface area contributed by atoms with Crippen LogP contribution in [0.1, 0.15) is 32.6 Å². The number of aryl methyl sites for hydroxylation is 1. The van der Waals surface area contributed by atoms with Crippen molar-refractivity contribution >= 4 is 5.82 Å². The Morgan fingerprint density at radius 3 is 2.46 bits per heavy atom. The Morgan fingerprint density at radius 1 is 1.33 bits per heavy atom. The molecule has 1 aromatic rings. The summed E-state index contributed by atoms with van der Waals surface area (Å²) < 4.78 is 17.3. The van der Waals surface area contributed by atoms with Gasteiger partial charge in [0.15, 0.2) is 0 Å². The molecule has 0 bridgehead atoms. The van der Waals surface area contributed by atoms with E-state index in [4.69, 9.17) is 19.9 Å². The Morgan fingerprint density at radius 2 is 1.96 bits per heavy atom. The first-order chi connectivity index (χ1) is 11.5. The van der Waals surface area contributed by atoms with Gasteiger partial charge in [0.1, 0.15) is 12.0 Å². The molecule has 1 rings (SSSR count). The second-order valence-electron chi connectivity index (χ2n) is 5.07. The van der Waals surface area contributed by atoms with Crippen molar-refractivity contribution in [3.8, 4) is 0 Å². The normalized spacial score (nSPS) is 14.5. The molecule has 3 atom stereocenters. The quantitative estimate of drug-likeness (QED) is 0.642. The molecule has 0 spiro atoms. The summed E-state index contributed by atoms with van der Waals surface area (Å²) in [7, 11) is 3.06. The topological polar surface area (TPSA) is 109 Å². The summed E-state index contributed by atoms with van der Waals surface area (Å²) in [5.74, 6) is -0.0932. The van der Waals surface area contributed by atoms with Gasteiger partial charge in [0.2, 0.25) is 0 Å². The van der Waals surface area contributed by atoms with Gasteiger partial charge in [-0.1, -0.05) is 20.8 Å². The SMILES string of the molecule is CC.COCCOC(C(C)C(CO)OC)n1cc(C)c(N)nc1=O. The second kappa shape index (κ2) is 12.0. The van der Waals surface area contributed by atoms with E-state index in [1.165, 1.54) is 11.7 Å². The molecule has 0 radical (unpaired) electrons. The predicted octanol–water partition coefficient (Wildman–Crippen LogP) is 0.965. The maximum Gasteiger partial charge on any atom is 0.351 e. The Hall–Kier alpha value is -1.48. The van der Waals surface area contributed by atoms with E-state index in [9.17, 15) is 9.90 Å². The minimum Gasteiger partial charge on any atom is -0.394 e. The van der Waals surface area contributed by atoms with Crippen molar-refractivity contribution in [1.82, 2.24) is 9.55 Å². The molecule has 140 valence electrons. The van der Waals surface area contributed by atoms with Gasteiger partial charge in [-0.2, -0.15) is 4.98 Å². The standard InChI is InChI=1S/C14H25N3O5.C2H6/c1-9-7-17(14(19)16-12(9)15)13(22-6-5-20-3)10(2)11(8-18)21-4;1-2/h7,10-11,13,18H,5-6,8H2,1-4H3,(H2,15,16,19);1-2H3. The molecule has 0 fully saturated rings. The van der Waals surface area contributed by atoms with Crippen molar-refractivity contribution < 1.29 is 19.3 Å². The highest BCUT2D eigenvalue weighted by Crippen LogP contribution is 2.23. The molecular weight excluding hydrogens is 314 g/mol. The van der Waals surface area contributed by atoms with Crippen LogP contribution in [0.5, 0.6) is 0 Å². The molecule has 3 N–H and O–H groups in total. The van der Waals surface area contributed by atoms with Crippen LogP contribution in [0.3, 0.4) is 0 Å². The Bertz CT molecular complexity index is 517. The first-order valence-electron chi connectivity index (χ1n) is 8.05. The maximum absolute atomic E-state index is 12.1. The molecule has 8 nitrogen and oxygen atoms in total. The first-order valence-corrected chi connectivity index (χ1v) is 8.05. The van der Waals surface area contributed by atoms with E-state index in [1.54, 1.807) is 20.2 Å². The fourth-order valence-corrected chi connectivity index (χ4v) is 2.14. The molecule has 0 aliphatic carbocycles. The number of aromatic nitrogens is 2. The van der Waals surface area contributed by atoms with Crippen LogP contribution in [0.4, 0.5) is 5.82 Å². The molecule has 8 heteroatoms. The number of nitrogens with zero attached hydrogens (tertiary/aromatic N) is 2. The van der Waals surface area contributed by atoms with E-state index >= 15 is 0 Å². The van der Waals surface area contributed by atoms with E-state index in [2.05, 4.69) is 4.98 Å². The molecule has 0 aliphatic rings. The molecule has 0 aromatic carbocycles. The largest absolute Gasteiger partial charge is 0.394 e. The van der Waals surface area contributed by atoms with Crippen LogP contribution >= 0.6 is 0 Å². The lowest BCUT2D eigenvalue weighted by atomic mass is 10.0.